The van der Waals surface area contributed by atoms with Crippen molar-refractivity contribution in [2.45, 2.75) is 18.2 Å². The van der Waals surface area contributed by atoms with Gasteiger partial charge in [-0.1, -0.05) is 0 Å². The van der Waals surface area contributed by atoms with E-state index in [1.165, 1.54) is 0 Å². The number of aromatic nitrogens is 1. The first kappa shape index (κ1) is 21.2. The molecule has 27 heavy (non-hydrogen) atoms. The van der Waals surface area contributed by atoms with Crippen molar-refractivity contribution in [2.75, 3.05) is 26.4 Å². The van der Waals surface area contributed by atoms with E-state index >= 15 is 0 Å². The molecule has 0 fully saturated rings. The summed E-state index contributed by atoms with van der Waals surface area (Å²) in [6, 6.07) is 12.5. The number of nitrogens with one attached hydrogen (secondary N) is 1. The fourth-order valence-corrected chi connectivity index (χ4v) is 4.15. The summed E-state index contributed by atoms with van der Waals surface area (Å²) in [5.41, 5.74) is 0.891. The maximum atomic E-state index is 10.6. The van der Waals surface area contributed by atoms with E-state index in [1.54, 1.807) is 0 Å². The van der Waals surface area contributed by atoms with E-state index in [4.69, 9.17) is 0 Å². The smallest absolute Gasteiger partial charge is 0.0882 e. The standard InChI is InChI=1S/C19H22I2N2O4/c20-12-1-3-17-15(5-12)16-6-13(21)2-4-18(16)23(17)8-14(27)7-22-19(9-24,10-25)11-26/h1-6,14,22,24-27H,7-11H2/t14-/m1/s1. The third kappa shape index (κ3) is 4.41. The molecule has 0 aliphatic carbocycles. The molecule has 1 heterocycles. The van der Waals surface area contributed by atoms with Crippen molar-refractivity contribution in [3.05, 3.63) is 43.5 Å². The molecule has 0 amide bonds. The molecule has 0 radical (unpaired) electrons. The molecular weight excluding hydrogens is 574 g/mol. The molecule has 146 valence electrons. The zero-order valence-corrected chi connectivity index (χ0v) is 18.9. The van der Waals surface area contributed by atoms with Gasteiger partial charge in [0, 0.05) is 35.5 Å². The van der Waals surface area contributed by atoms with E-state index in [-0.39, 0.29) is 6.54 Å². The first-order valence-corrected chi connectivity index (χ1v) is 10.7. The number of hydrogen-bond acceptors (Lipinski definition) is 5. The maximum absolute atomic E-state index is 10.6. The third-order valence-electron chi connectivity index (χ3n) is 4.80. The topological polar surface area (TPSA) is 97.9 Å². The second-order valence-corrected chi connectivity index (χ2v) is 9.21. The van der Waals surface area contributed by atoms with Crippen LogP contribution in [0.2, 0.25) is 0 Å². The van der Waals surface area contributed by atoms with Crippen LogP contribution in [-0.4, -0.2) is 63.0 Å². The average Bonchev–Trinajstić information content (AvgIpc) is 2.96. The number of β-amino-alcohol motifs (C(OH)–C–C–N with tert-alkyl or cyclic N) is 1. The van der Waals surface area contributed by atoms with E-state index in [1.807, 2.05) is 12.1 Å². The van der Waals surface area contributed by atoms with E-state index < -0.39 is 31.5 Å². The van der Waals surface area contributed by atoms with Gasteiger partial charge in [-0.15, -0.1) is 0 Å². The molecule has 0 bridgehead atoms. The van der Waals surface area contributed by atoms with Crippen LogP contribution in [0.5, 0.6) is 0 Å². The van der Waals surface area contributed by atoms with E-state index in [0.717, 1.165) is 28.9 Å². The summed E-state index contributed by atoms with van der Waals surface area (Å²) in [6.45, 7) is -0.763. The minimum atomic E-state index is -1.20. The molecule has 0 unspecified atom stereocenters. The summed E-state index contributed by atoms with van der Waals surface area (Å²) >= 11 is 4.59. The Hall–Kier alpha value is -0.500. The van der Waals surface area contributed by atoms with Gasteiger partial charge in [0.15, 0.2) is 0 Å². The van der Waals surface area contributed by atoms with Crippen LogP contribution in [0.25, 0.3) is 21.8 Å². The Bertz CT molecular complexity index is 873. The van der Waals surface area contributed by atoms with E-state index in [0.29, 0.717) is 6.54 Å². The van der Waals surface area contributed by atoms with Crippen molar-refractivity contribution in [1.82, 2.24) is 9.88 Å². The van der Waals surface area contributed by atoms with Gasteiger partial charge in [-0.3, -0.25) is 0 Å². The lowest BCUT2D eigenvalue weighted by Crippen LogP contribution is -2.56. The Balaban J connectivity index is 1.92. The van der Waals surface area contributed by atoms with Gasteiger partial charge in [0.25, 0.3) is 0 Å². The van der Waals surface area contributed by atoms with E-state index in [9.17, 15) is 20.4 Å². The van der Waals surface area contributed by atoms with Crippen molar-refractivity contribution >= 4 is 67.0 Å². The first-order chi connectivity index (χ1) is 12.9. The molecule has 8 heteroatoms. The molecule has 5 N–H and O–H groups in total. The van der Waals surface area contributed by atoms with Crippen LogP contribution in [0.1, 0.15) is 0 Å². The number of benzene rings is 2. The lowest BCUT2D eigenvalue weighted by Gasteiger charge is -2.30. The fourth-order valence-electron chi connectivity index (χ4n) is 3.17. The highest BCUT2D eigenvalue weighted by atomic mass is 127. The molecule has 0 spiro atoms. The van der Waals surface area contributed by atoms with Crippen molar-refractivity contribution in [1.29, 1.82) is 0 Å². The lowest BCUT2D eigenvalue weighted by atomic mass is 10.0. The predicted molar refractivity (Wildman–Crippen MR) is 123 cm³/mol. The molecule has 1 aromatic heterocycles. The normalized spacial score (nSPS) is 13.6. The second-order valence-electron chi connectivity index (χ2n) is 6.72. The number of hydrogen-bond donors (Lipinski definition) is 5. The fraction of sp³-hybridized carbons (Fsp3) is 0.368. The van der Waals surface area contributed by atoms with Gasteiger partial charge in [0.1, 0.15) is 0 Å². The van der Waals surface area contributed by atoms with Crippen LogP contribution in [0.3, 0.4) is 0 Å². The van der Waals surface area contributed by atoms with Crippen LogP contribution in [-0.2, 0) is 6.54 Å². The van der Waals surface area contributed by atoms with Crippen molar-refractivity contribution < 1.29 is 20.4 Å². The van der Waals surface area contributed by atoms with Crippen molar-refractivity contribution in [3.63, 3.8) is 0 Å². The summed E-state index contributed by atoms with van der Waals surface area (Å²) < 4.78 is 4.39. The van der Waals surface area contributed by atoms with Gasteiger partial charge in [-0.25, -0.2) is 0 Å². The zero-order valence-electron chi connectivity index (χ0n) is 14.6. The molecule has 0 saturated heterocycles. The number of aliphatic hydroxyl groups excluding tert-OH is 4. The Morgan fingerprint density at radius 3 is 1.81 bits per heavy atom. The molecule has 2 aromatic carbocycles. The van der Waals surface area contributed by atoms with Gasteiger partial charge in [0.05, 0.1) is 38.0 Å². The van der Waals surface area contributed by atoms with Crippen LogP contribution >= 0.6 is 45.2 Å². The predicted octanol–water partition coefficient (Wildman–Crippen LogP) is 1.67. The van der Waals surface area contributed by atoms with Crippen LogP contribution in [0, 0.1) is 7.14 Å². The molecule has 0 saturated carbocycles. The Kier molecular flexibility index (Phi) is 6.98. The third-order valence-corrected chi connectivity index (χ3v) is 6.14. The number of rotatable bonds is 8. The zero-order chi connectivity index (χ0) is 19.6. The Morgan fingerprint density at radius 2 is 1.37 bits per heavy atom. The van der Waals surface area contributed by atoms with Gasteiger partial charge >= 0.3 is 0 Å². The van der Waals surface area contributed by atoms with Crippen molar-refractivity contribution in [2.24, 2.45) is 0 Å². The second kappa shape index (κ2) is 8.89. The molecule has 1 atom stereocenters. The lowest BCUT2D eigenvalue weighted by molar-refractivity contribution is 0.0308. The highest BCUT2D eigenvalue weighted by molar-refractivity contribution is 14.1. The first-order valence-electron chi connectivity index (χ1n) is 8.56. The Morgan fingerprint density at radius 1 is 0.889 bits per heavy atom. The number of nitrogens with zero attached hydrogens (tertiary/aromatic N) is 1. The number of aliphatic hydroxyl groups is 4. The summed E-state index contributed by atoms with van der Waals surface area (Å²) in [5, 5.41) is 44.0. The SMILES string of the molecule is OCC(CO)(CO)NC[C@@H](O)Cn1c2ccc(I)cc2c2cc(I)ccc21. The Labute approximate surface area is 184 Å². The quantitative estimate of drug-likeness (QED) is 0.255. The summed E-state index contributed by atoms with van der Waals surface area (Å²) in [4.78, 5) is 0. The largest absolute Gasteiger partial charge is 0.394 e. The molecule has 0 aliphatic heterocycles. The molecule has 0 aliphatic rings. The van der Waals surface area contributed by atoms with Crippen molar-refractivity contribution in [3.8, 4) is 0 Å². The van der Waals surface area contributed by atoms with Gasteiger partial charge < -0.3 is 30.3 Å². The summed E-state index contributed by atoms with van der Waals surface area (Å²) in [7, 11) is 0. The number of fused-ring (bicyclic) bond motifs is 3. The van der Waals surface area contributed by atoms with E-state index in [2.05, 4.69) is 79.3 Å². The summed E-state index contributed by atoms with van der Waals surface area (Å²) in [6.07, 6.45) is -0.758. The summed E-state index contributed by atoms with van der Waals surface area (Å²) in [5.74, 6) is 0. The monoisotopic (exact) mass is 596 g/mol. The molecule has 6 nitrogen and oxygen atoms in total. The minimum Gasteiger partial charge on any atom is -0.394 e. The highest BCUT2D eigenvalue weighted by Crippen LogP contribution is 2.31. The highest BCUT2D eigenvalue weighted by Gasteiger charge is 2.28. The maximum Gasteiger partial charge on any atom is 0.0882 e. The molecular formula is C19H22I2N2O4. The number of halogens is 2. The van der Waals surface area contributed by atoms with Gasteiger partial charge in [-0.05, 0) is 81.6 Å². The van der Waals surface area contributed by atoms with Crippen LogP contribution in [0.15, 0.2) is 36.4 Å². The molecule has 3 rings (SSSR count). The van der Waals surface area contributed by atoms with Crippen LogP contribution < -0.4 is 5.32 Å². The minimum absolute atomic E-state index is 0.136. The molecule has 3 aromatic rings. The van der Waals surface area contributed by atoms with Crippen LogP contribution in [0.4, 0.5) is 0 Å². The average molecular weight is 596 g/mol. The van der Waals surface area contributed by atoms with Gasteiger partial charge in [0.2, 0.25) is 0 Å². The van der Waals surface area contributed by atoms with Gasteiger partial charge in [-0.2, -0.15) is 0 Å².